The van der Waals surface area contributed by atoms with Crippen LogP contribution in [0, 0.1) is 15.9 Å². The van der Waals surface area contributed by atoms with Crippen molar-refractivity contribution in [1.82, 2.24) is 9.80 Å². The van der Waals surface area contributed by atoms with Gasteiger partial charge in [0.25, 0.3) is 5.69 Å². The maximum atomic E-state index is 13.0. The summed E-state index contributed by atoms with van der Waals surface area (Å²) < 4.78 is 13.0. The van der Waals surface area contributed by atoms with Gasteiger partial charge >= 0.3 is 0 Å². The van der Waals surface area contributed by atoms with Crippen LogP contribution in [-0.2, 0) is 6.54 Å². The molecule has 6 nitrogen and oxygen atoms in total. The van der Waals surface area contributed by atoms with E-state index in [9.17, 15) is 14.5 Å². The number of nitrogens with one attached hydrogen (secondary N) is 1. The van der Waals surface area contributed by atoms with E-state index in [2.05, 4.69) is 15.1 Å². The summed E-state index contributed by atoms with van der Waals surface area (Å²) >= 11 is 5.43. The van der Waals surface area contributed by atoms with E-state index < -0.39 is 4.92 Å². The van der Waals surface area contributed by atoms with Gasteiger partial charge in [0.2, 0.25) is 0 Å². The number of nitro groups is 1. The van der Waals surface area contributed by atoms with Crippen molar-refractivity contribution in [3.8, 4) is 0 Å². The third-order valence-corrected chi connectivity index (χ3v) is 4.65. The van der Waals surface area contributed by atoms with Gasteiger partial charge in [-0.25, -0.2) is 4.39 Å². The number of thiocarbonyl (C=S) groups is 1. The minimum atomic E-state index is -0.428. The average Bonchev–Trinajstić information content (AvgIpc) is 2.64. The Labute approximate surface area is 156 Å². The molecule has 0 radical (unpaired) electrons. The summed E-state index contributed by atoms with van der Waals surface area (Å²) in [5.41, 5.74) is 1.72. The fraction of sp³-hybridized carbons (Fsp3) is 0.278. The Kier molecular flexibility index (Phi) is 5.75. The van der Waals surface area contributed by atoms with Crippen LogP contribution < -0.4 is 5.32 Å². The fourth-order valence-corrected chi connectivity index (χ4v) is 3.16. The summed E-state index contributed by atoms with van der Waals surface area (Å²) in [6, 6.07) is 12.9. The van der Waals surface area contributed by atoms with Crippen LogP contribution in [0.1, 0.15) is 5.56 Å². The summed E-state index contributed by atoms with van der Waals surface area (Å²) in [5.74, 6) is -0.226. The molecule has 26 heavy (non-hydrogen) atoms. The van der Waals surface area contributed by atoms with Crippen LogP contribution in [0.15, 0.2) is 48.5 Å². The van der Waals surface area contributed by atoms with Gasteiger partial charge in [0, 0.05) is 50.5 Å². The van der Waals surface area contributed by atoms with Gasteiger partial charge in [-0.1, -0.05) is 18.2 Å². The quantitative estimate of drug-likeness (QED) is 0.504. The van der Waals surface area contributed by atoms with Crippen LogP contribution in [0.4, 0.5) is 15.8 Å². The zero-order valence-corrected chi connectivity index (χ0v) is 14.9. The zero-order valence-electron chi connectivity index (χ0n) is 14.1. The Morgan fingerprint density at radius 3 is 2.50 bits per heavy atom. The second kappa shape index (κ2) is 8.20. The van der Waals surface area contributed by atoms with E-state index in [0.29, 0.717) is 10.8 Å². The summed E-state index contributed by atoms with van der Waals surface area (Å²) in [6.07, 6.45) is 0. The molecule has 2 aromatic rings. The van der Waals surface area contributed by atoms with Crippen LogP contribution >= 0.6 is 12.2 Å². The monoisotopic (exact) mass is 374 g/mol. The number of hydrogen-bond acceptors (Lipinski definition) is 4. The van der Waals surface area contributed by atoms with Crippen molar-refractivity contribution in [2.45, 2.75) is 6.54 Å². The second-order valence-electron chi connectivity index (χ2n) is 6.13. The first-order valence-electron chi connectivity index (χ1n) is 8.28. The molecule has 0 amide bonds. The molecular formula is C18H19FN4O2S. The molecule has 0 aromatic heterocycles. The molecule has 1 N–H and O–H groups in total. The first-order chi connectivity index (χ1) is 12.5. The van der Waals surface area contributed by atoms with Crippen molar-refractivity contribution in [3.63, 3.8) is 0 Å². The van der Waals surface area contributed by atoms with Gasteiger partial charge in [-0.05, 0) is 36.0 Å². The molecule has 1 aliphatic rings. The SMILES string of the molecule is O=[N+]([O-])c1cccc(NC(=S)N2CCN(Cc3ccc(F)cc3)CC2)c1. The number of non-ortho nitro benzene ring substituents is 1. The van der Waals surface area contributed by atoms with E-state index >= 15 is 0 Å². The van der Waals surface area contributed by atoms with Crippen molar-refractivity contribution < 1.29 is 9.31 Å². The van der Waals surface area contributed by atoms with Gasteiger partial charge in [0.1, 0.15) is 5.82 Å². The number of benzene rings is 2. The number of piperazine rings is 1. The Hall–Kier alpha value is -2.58. The molecule has 136 valence electrons. The minimum absolute atomic E-state index is 0.0296. The Bertz CT molecular complexity index is 792. The van der Waals surface area contributed by atoms with Crippen LogP contribution in [-0.4, -0.2) is 46.0 Å². The highest BCUT2D eigenvalue weighted by Gasteiger charge is 2.19. The summed E-state index contributed by atoms with van der Waals surface area (Å²) in [4.78, 5) is 14.8. The lowest BCUT2D eigenvalue weighted by Crippen LogP contribution is -2.49. The Morgan fingerprint density at radius 1 is 1.15 bits per heavy atom. The molecular weight excluding hydrogens is 355 g/mol. The largest absolute Gasteiger partial charge is 0.346 e. The maximum Gasteiger partial charge on any atom is 0.271 e. The van der Waals surface area contributed by atoms with Crippen molar-refractivity contribution >= 4 is 28.7 Å². The van der Waals surface area contributed by atoms with E-state index in [1.54, 1.807) is 24.3 Å². The molecule has 2 aromatic carbocycles. The highest BCUT2D eigenvalue weighted by atomic mass is 32.1. The minimum Gasteiger partial charge on any atom is -0.346 e. The number of halogens is 1. The lowest BCUT2D eigenvalue weighted by atomic mass is 10.2. The topological polar surface area (TPSA) is 61.7 Å². The predicted octanol–water partition coefficient (Wildman–Crippen LogP) is 3.25. The smallest absolute Gasteiger partial charge is 0.271 e. The molecule has 0 saturated carbocycles. The lowest BCUT2D eigenvalue weighted by molar-refractivity contribution is -0.384. The van der Waals surface area contributed by atoms with Crippen molar-refractivity contribution in [2.75, 3.05) is 31.5 Å². The Balaban J connectivity index is 1.51. The van der Waals surface area contributed by atoms with Gasteiger partial charge in [0.15, 0.2) is 5.11 Å². The highest BCUT2D eigenvalue weighted by molar-refractivity contribution is 7.80. The molecule has 0 atom stereocenters. The summed E-state index contributed by atoms with van der Waals surface area (Å²) in [5, 5.41) is 14.5. The standard InChI is InChI=1S/C18H19FN4O2S/c19-15-6-4-14(5-7-15)13-21-8-10-22(11-9-21)18(26)20-16-2-1-3-17(12-16)23(24)25/h1-7,12H,8-11,13H2,(H,20,26). The van der Waals surface area contributed by atoms with Gasteiger partial charge in [-0.3, -0.25) is 15.0 Å². The molecule has 1 saturated heterocycles. The normalized spacial score (nSPS) is 14.9. The highest BCUT2D eigenvalue weighted by Crippen LogP contribution is 2.18. The van der Waals surface area contributed by atoms with E-state index in [1.165, 1.54) is 24.3 Å². The van der Waals surface area contributed by atoms with E-state index in [1.807, 2.05) is 0 Å². The third kappa shape index (κ3) is 4.74. The van der Waals surface area contributed by atoms with Crippen LogP contribution in [0.2, 0.25) is 0 Å². The average molecular weight is 374 g/mol. The van der Waals surface area contributed by atoms with Crippen molar-refractivity contribution in [1.29, 1.82) is 0 Å². The summed E-state index contributed by atoms with van der Waals surface area (Å²) in [7, 11) is 0. The molecule has 0 aliphatic carbocycles. The van der Waals surface area contributed by atoms with Gasteiger partial charge in [-0.2, -0.15) is 0 Å². The van der Waals surface area contributed by atoms with Crippen LogP contribution in [0.25, 0.3) is 0 Å². The lowest BCUT2D eigenvalue weighted by Gasteiger charge is -2.36. The molecule has 0 spiro atoms. The van der Waals surface area contributed by atoms with Gasteiger partial charge < -0.3 is 10.2 Å². The summed E-state index contributed by atoms with van der Waals surface area (Å²) in [6.45, 7) is 3.99. The zero-order chi connectivity index (χ0) is 18.5. The van der Waals surface area contributed by atoms with Crippen molar-refractivity contribution in [3.05, 3.63) is 70.0 Å². The molecule has 0 unspecified atom stereocenters. The number of nitrogens with zero attached hydrogens (tertiary/aromatic N) is 3. The van der Waals surface area contributed by atoms with E-state index in [-0.39, 0.29) is 11.5 Å². The molecule has 1 heterocycles. The second-order valence-corrected chi connectivity index (χ2v) is 6.51. The number of rotatable bonds is 4. The molecule has 1 aliphatic heterocycles. The first kappa shape index (κ1) is 18.2. The Morgan fingerprint density at radius 2 is 1.85 bits per heavy atom. The third-order valence-electron chi connectivity index (χ3n) is 4.29. The van der Waals surface area contributed by atoms with Crippen LogP contribution in [0.5, 0.6) is 0 Å². The van der Waals surface area contributed by atoms with E-state index in [0.717, 1.165) is 38.3 Å². The maximum absolute atomic E-state index is 13.0. The van der Waals surface area contributed by atoms with Crippen LogP contribution in [0.3, 0.4) is 0 Å². The number of nitro benzene ring substituents is 1. The molecule has 8 heteroatoms. The van der Waals surface area contributed by atoms with Gasteiger partial charge in [0.05, 0.1) is 4.92 Å². The first-order valence-corrected chi connectivity index (χ1v) is 8.69. The number of hydrogen-bond donors (Lipinski definition) is 1. The fourth-order valence-electron chi connectivity index (χ4n) is 2.86. The molecule has 1 fully saturated rings. The predicted molar refractivity (Wildman–Crippen MR) is 103 cm³/mol. The van der Waals surface area contributed by atoms with E-state index in [4.69, 9.17) is 12.2 Å². The molecule has 0 bridgehead atoms. The van der Waals surface area contributed by atoms with Crippen molar-refractivity contribution in [2.24, 2.45) is 0 Å². The van der Waals surface area contributed by atoms with Gasteiger partial charge in [-0.15, -0.1) is 0 Å². The molecule has 3 rings (SSSR count). The number of anilines is 1.